The van der Waals surface area contributed by atoms with Gasteiger partial charge < -0.3 is 4.74 Å². The van der Waals surface area contributed by atoms with E-state index in [1.165, 1.54) is 25.7 Å². The molecule has 2 heteroatoms. The highest BCUT2D eigenvalue weighted by Gasteiger charge is 2.44. The molecule has 2 aliphatic rings. The molecule has 1 heterocycles. The summed E-state index contributed by atoms with van der Waals surface area (Å²) >= 11 is 0. The fourth-order valence-corrected chi connectivity index (χ4v) is 3.73. The number of rotatable bonds is 0. The van der Waals surface area contributed by atoms with Gasteiger partial charge in [-0.1, -0.05) is 13.8 Å². The zero-order valence-electron chi connectivity index (χ0n) is 12.2. The van der Waals surface area contributed by atoms with Crippen molar-refractivity contribution < 1.29 is 4.74 Å². The van der Waals surface area contributed by atoms with E-state index in [2.05, 4.69) is 39.9 Å². The summed E-state index contributed by atoms with van der Waals surface area (Å²) in [6.45, 7) is 11.6. The quantitative estimate of drug-likeness (QED) is 0.693. The van der Waals surface area contributed by atoms with E-state index < -0.39 is 0 Å². The standard InChI is InChI=1S/C15H29NO/c1-12-11-14(4,5)17-15(16-12)8-6-7-13(2,3)9-10-15/h12,16H,6-11H2,1-5H3. The second kappa shape index (κ2) is 4.24. The summed E-state index contributed by atoms with van der Waals surface area (Å²) in [5.74, 6) is 0. The fraction of sp³-hybridized carbons (Fsp3) is 1.00. The zero-order valence-corrected chi connectivity index (χ0v) is 12.2. The summed E-state index contributed by atoms with van der Waals surface area (Å²) in [6, 6.07) is 0.569. The van der Waals surface area contributed by atoms with Crippen molar-refractivity contribution in [3.05, 3.63) is 0 Å². The van der Waals surface area contributed by atoms with Gasteiger partial charge in [-0.05, 0) is 64.7 Å². The lowest BCUT2D eigenvalue weighted by atomic mass is 9.84. The highest BCUT2D eigenvalue weighted by Crippen LogP contribution is 2.42. The van der Waals surface area contributed by atoms with Crippen LogP contribution in [0, 0.1) is 5.41 Å². The first-order valence-corrected chi connectivity index (χ1v) is 7.20. The number of hydrogen-bond donors (Lipinski definition) is 1. The predicted molar refractivity (Wildman–Crippen MR) is 72.0 cm³/mol. The Kier molecular flexibility index (Phi) is 3.33. The van der Waals surface area contributed by atoms with Gasteiger partial charge in [0, 0.05) is 6.04 Å². The Balaban J connectivity index is 2.12. The molecule has 100 valence electrons. The van der Waals surface area contributed by atoms with Crippen molar-refractivity contribution in [3.63, 3.8) is 0 Å². The summed E-state index contributed by atoms with van der Waals surface area (Å²) in [5, 5.41) is 3.74. The van der Waals surface area contributed by atoms with Crippen molar-refractivity contribution in [2.24, 2.45) is 5.41 Å². The first kappa shape index (κ1) is 13.4. The number of nitrogens with one attached hydrogen (secondary N) is 1. The van der Waals surface area contributed by atoms with Gasteiger partial charge in [0.2, 0.25) is 0 Å². The van der Waals surface area contributed by atoms with Crippen LogP contribution in [0.15, 0.2) is 0 Å². The SMILES string of the molecule is CC1CC(C)(C)OC2(CCCC(C)(C)CC2)N1. The summed E-state index contributed by atoms with van der Waals surface area (Å²) in [6.07, 6.45) is 7.32. The van der Waals surface area contributed by atoms with Crippen LogP contribution in [0.3, 0.4) is 0 Å². The van der Waals surface area contributed by atoms with E-state index in [1.807, 2.05) is 0 Å². The molecule has 1 aliphatic carbocycles. The van der Waals surface area contributed by atoms with Gasteiger partial charge in [-0.3, -0.25) is 5.32 Å². The molecule has 1 saturated carbocycles. The van der Waals surface area contributed by atoms with Crippen LogP contribution in [-0.4, -0.2) is 17.4 Å². The molecule has 2 fully saturated rings. The number of hydrogen-bond acceptors (Lipinski definition) is 2. The van der Waals surface area contributed by atoms with Crippen molar-refractivity contribution in [1.29, 1.82) is 0 Å². The Bertz CT molecular complexity index is 285. The molecule has 0 aromatic carbocycles. The Morgan fingerprint density at radius 3 is 2.35 bits per heavy atom. The van der Waals surface area contributed by atoms with Crippen LogP contribution in [0.2, 0.25) is 0 Å². The zero-order chi connectivity index (χ0) is 12.7. The van der Waals surface area contributed by atoms with E-state index in [1.54, 1.807) is 0 Å². The molecule has 1 spiro atoms. The number of ether oxygens (including phenoxy) is 1. The van der Waals surface area contributed by atoms with Crippen LogP contribution in [0.25, 0.3) is 0 Å². The Hall–Kier alpha value is -0.0800. The fourth-order valence-electron chi connectivity index (χ4n) is 3.73. The Labute approximate surface area is 107 Å². The molecule has 17 heavy (non-hydrogen) atoms. The average Bonchev–Trinajstić information content (AvgIpc) is 2.23. The van der Waals surface area contributed by atoms with Gasteiger partial charge in [-0.25, -0.2) is 0 Å². The van der Waals surface area contributed by atoms with Crippen LogP contribution in [-0.2, 0) is 4.74 Å². The largest absolute Gasteiger partial charge is 0.355 e. The minimum atomic E-state index is -0.0467. The molecule has 0 bridgehead atoms. The van der Waals surface area contributed by atoms with E-state index in [4.69, 9.17) is 4.74 Å². The molecule has 2 nitrogen and oxygen atoms in total. The van der Waals surface area contributed by atoms with Crippen LogP contribution in [0.5, 0.6) is 0 Å². The second-order valence-corrected chi connectivity index (χ2v) is 7.62. The maximum atomic E-state index is 6.43. The van der Waals surface area contributed by atoms with E-state index in [-0.39, 0.29) is 11.3 Å². The molecule has 2 rings (SSSR count). The molecule has 0 aromatic rings. The molecule has 0 radical (unpaired) electrons. The van der Waals surface area contributed by atoms with Crippen LogP contribution >= 0.6 is 0 Å². The Morgan fingerprint density at radius 1 is 1.00 bits per heavy atom. The molecule has 1 N–H and O–H groups in total. The van der Waals surface area contributed by atoms with Crippen molar-refractivity contribution in [2.75, 3.05) is 0 Å². The lowest BCUT2D eigenvalue weighted by Crippen LogP contribution is -2.61. The van der Waals surface area contributed by atoms with Crippen LogP contribution in [0.1, 0.15) is 73.1 Å². The lowest BCUT2D eigenvalue weighted by Gasteiger charge is -2.49. The third-order valence-corrected chi connectivity index (χ3v) is 4.42. The van der Waals surface area contributed by atoms with E-state index in [0.29, 0.717) is 11.5 Å². The highest BCUT2D eigenvalue weighted by atomic mass is 16.5. The highest BCUT2D eigenvalue weighted by molar-refractivity contribution is 4.95. The van der Waals surface area contributed by atoms with E-state index in [0.717, 1.165) is 12.8 Å². The van der Waals surface area contributed by atoms with Gasteiger partial charge in [-0.2, -0.15) is 0 Å². The Morgan fingerprint density at radius 2 is 1.71 bits per heavy atom. The molecular formula is C15H29NO. The molecule has 0 amide bonds. The van der Waals surface area contributed by atoms with E-state index in [9.17, 15) is 0 Å². The molecule has 1 saturated heterocycles. The first-order chi connectivity index (χ1) is 7.72. The summed E-state index contributed by atoms with van der Waals surface area (Å²) in [7, 11) is 0. The monoisotopic (exact) mass is 239 g/mol. The third-order valence-electron chi connectivity index (χ3n) is 4.42. The first-order valence-electron chi connectivity index (χ1n) is 7.20. The molecule has 1 aliphatic heterocycles. The minimum Gasteiger partial charge on any atom is -0.355 e. The topological polar surface area (TPSA) is 21.3 Å². The van der Waals surface area contributed by atoms with Gasteiger partial charge in [0.15, 0.2) is 0 Å². The predicted octanol–water partition coefficient (Wildman–Crippen LogP) is 3.85. The second-order valence-electron chi connectivity index (χ2n) is 7.62. The molecule has 0 aromatic heterocycles. The normalized spacial score (nSPS) is 41.1. The third kappa shape index (κ3) is 3.23. The lowest BCUT2D eigenvalue weighted by molar-refractivity contribution is -0.202. The molecular weight excluding hydrogens is 210 g/mol. The van der Waals surface area contributed by atoms with Crippen molar-refractivity contribution in [2.45, 2.75) is 90.5 Å². The van der Waals surface area contributed by atoms with Gasteiger partial charge in [-0.15, -0.1) is 0 Å². The van der Waals surface area contributed by atoms with E-state index >= 15 is 0 Å². The van der Waals surface area contributed by atoms with Crippen LogP contribution in [0.4, 0.5) is 0 Å². The summed E-state index contributed by atoms with van der Waals surface area (Å²) in [4.78, 5) is 0. The minimum absolute atomic E-state index is 0.0269. The van der Waals surface area contributed by atoms with Crippen molar-refractivity contribution in [1.82, 2.24) is 5.32 Å². The van der Waals surface area contributed by atoms with Gasteiger partial charge >= 0.3 is 0 Å². The van der Waals surface area contributed by atoms with Gasteiger partial charge in [0.05, 0.1) is 5.60 Å². The average molecular weight is 239 g/mol. The summed E-state index contributed by atoms with van der Waals surface area (Å²) < 4.78 is 6.43. The molecule has 2 atom stereocenters. The molecule has 2 unspecified atom stereocenters. The van der Waals surface area contributed by atoms with Crippen molar-refractivity contribution >= 4 is 0 Å². The van der Waals surface area contributed by atoms with Gasteiger partial charge in [0.25, 0.3) is 0 Å². The summed E-state index contributed by atoms with van der Waals surface area (Å²) in [5.41, 5.74) is 0.466. The van der Waals surface area contributed by atoms with Crippen LogP contribution < -0.4 is 5.32 Å². The maximum absolute atomic E-state index is 6.43. The van der Waals surface area contributed by atoms with Crippen molar-refractivity contribution in [3.8, 4) is 0 Å². The van der Waals surface area contributed by atoms with Gasteiger partial charge in [0.1, 0.15) is 5.72 Å². The maximum Gasteiger partial charge on any atom is 0.120 e. The smallest absolute Gasteiger partial charge is 0.120 e.